The average Bonchev–Trinajstić information content (AvgIpc) is 3.72. The van der Waals surface area contributed by atoms with E-state index in [-0.39, 0.29) is 55.4 Å². The number of thioether (sulfide) groups is 1. The van der Waals surface area contributed by atoms with Crippen molar-refractivity contribution in [3.05, 3.63) is 124 Å². The molecular weight excluding hydrogens is 1040 g/mol. The second-order valence-electron chi connectivity index (χ2n) is 16.2. The second-order valence-corrected chi connectivity index (χ2v) is 19.4. The zero-order valence-corrected chi connectivity index (χ0v) is 45.4. The number of aliphatic hydroxyl groups is 2. The summed E-state index contributed by atoms with van der Waals surface area (Å²) in [5.41, 5.74) is 19.6. The van der Waals surface area contributed by atoms with E-state index in [4.69, 9.17) is 33.9 Å². The summed E-state index contributed by atoms with van der Waals surface area (Å²) in [4.78, 5) is 42.4. The van der Waals surface area contributed by atoms with Gasteiger partial charge in [-0.25, -0.2) is 4.98 Å². The number of nitrogen functional groups attached to an aromatic ring is 1. The van der Waals surface area contributed by atoms with Crippen molar-refractivity contribution in [1.82, 2.24) is 14.8 Å². The smallest absolute Gasteiger partial charge is 0.206 e. The van der Waals surface area contributed by atoms with Crippen LogP contribution >= 0.6 is 61.1 Å². The Morgan fingerprint density at radius 3 is 1.72 bits per heavy atom. The molecule has 0 spiro atoms. The summed E-state index contributed by atoms with van der Waals surface area (Å²) >= 11 is 11.1. The van der Waals surface area contributed by atoms with E-state index in [1.165, 1.54) is 34.5 Å². The molecule has 1 atom stereocenters. The number of Topliss-reactive ketones (excluding diaryl/α,β-unsaturated/α-hetero) is 1. The monoisotopic (exact) mass is 1110 g/mol. The highest BCUT2D eigenvalue weighted by molar-refractivity contribution is 9.09. The van der Waals surface area contributed by atoms with E-state index < -0.39 is 0 Å². The van der Waals surface area contributed by atoms with E-state index in [1.54, 1.807) is 6.07 Å². The number of benzene rings is 4. The molecule has 4 aromatic carbocycles. The largest absolute Gasteiger partial charge is 0.396 e. The highest BCUT2D eigenvalue weighted by Crippen LogP contribution is 2.31. The molecule has 1 unspecified atom stereocenters. The third-order valence-corrected chi connectivity index (χ3v) is 13.4. The zero-order valence-electron chi connectivity index (χ0n) is 39.9. The standard InChI is InChI=1S/C24H29N5O2S.C17H27N5OS2.C9H9BrO.2CH4.H3P/c1-17-4-2-5-18(16-17)21(31)22-23(25)27-24(32-22)26-19-6-8-20(9-7-19)29-13-11-28(12-14-29)10-3-15-30;1-2-25-16(18)20-17(24)19-14-4-6-15(7-5-14)22-11-9-21(10-12-22)8-3-13-23;1-7-3-2-4-8(5-7)9(11)6-10;;;/h2,4-9,16,30H,3,10-15,25H2,1H3,(H,26,27);4-7,23H,2-3,8-13H2,1H3,(H3,18,19,20,24);2-5H,6H2,1H3;2*1H4;1H3. The molecule has 19 heteroatoms. The van der Waals surface area contributed by atoms with Crippen molar-refractivity contribution in [3.63, 3.8) is 0 Å². The number of thiocarbonyl (C=S) groups is 1. The number of aliphatic imine (C=N–C) groups is 1. The Balaban J connectivity index is 0.000000395. The lowest BCUT2D eigenvalue weighted by atomic mass is 10.1. The van der Waals surface area contributed by atoms with Gasteiger partial charge in [-0.2, -0.15) is 14.9 Å². The summed E-state index contributed by atoms with van der Waals surface area (Å²) < 4.78 is 0. The number of carbonyl (C=O) groups excluding carboxylic acids is 2. The molecule has 388 valence electrons. The molecule has 2 aliphatic rings. The number of nitrogens with zero attached hydrogens (tertiary/aromatic N) is 6. The number of anilines is 6. The summed E-state index contributed by atoms with van der Waals surface area (Å²) in [7, 11) is 0. The maximum atomic E-state index is 12.8. The lowest BCUT2D eigenvalue weighted by Gasteiger charge is -2.36. The lowest BCUT2D eigenvalue weighted by Crippen LogP contribution is -2.46. The minimum atomic E-state index is -0.106. The molecule has 0 amide bonds. The number of hydrogen-bond donors (Lipinski definition) is 6. The van der Waals surface area contributed by atoms with Gasteiger partial charge in [0.25, 0.3) is 0 Å². The molecule has 1 aromatic heterocycles. The number of piperazine rings is 2. The molecule has 71 heavy (non-hydrogen) atoms. The Labute approximate surface area is 447 Å². The number of nitrogens with one attached hydrogen (secondary N) is 2. The van der Waals surface area contributed by atoms with E-state index in [0.29, 0.717) is 31.2 Å². The summed E-state index contributed by atoms with van der Waals surface area (Å²) in [6.07, 6.45) is 1.68. The maximum Gasteiger partial charge on any atom is 0.206 e. The first-order valence-electron chi connectivity index (χ1n) is 22.8. The van der Waals surface area contributed by atoms with Gasteiger partial charge in [-0.15, -0.1) is 0 Å². The van der Waals surface area contributed by atoms with Crippen LogP contribution in [0.15, 0.2) is 102 Å². The fourth-order valence-electron chi connectivity index (χ4n) is 7.48. The zero-order chi connectivity index (χ0) is 48.8. The molecule has 3 heterocycles. The number of nitrogens with two attached hydrogens (primary N) is 2. The van der Waals surface area contributed by atoms with Gasteiger partial charge < -0.3 is 42.1 Å². The van der Waals surface area contributed by atoms with Crippen molar-refractivity contribution >= 4 is 117 Å². The van der Waals surface area contributed by atoms with Crippen LogP contribution in [0, 0.1) is 13.8 Å². The summed E-state index contributed by atoms with van der Waals surface area (Å²) in [6.45, 7) is 16.5. The predicted octanol–water partition coefficient (Wildman–Crippen LogP) is 9.37. The number of alkyl halides is 1. The molecule has 14 nitrogen and oxygen atoms in total. The van der Waals surface area contributed by atoms with Gasteiger partial charge >= 0.3 is 0 Å². The fraction of sp³-hybridized carbons (Fsp3) is 0.404. The minimum Gasteiger partial charge on any atom is -0.396 e. The molecule has 8 N–H and O–H groups in total. The predicted molar refractivity (Wildman–Crippen MR) is 318 cm³/mol. The number of rotatable bonds is 16. The molecule has 0 radical (unpaired) electrons. The Hall–Kier alpha value is -4.49. The molecule has 2 saturated heterocycles. The first kappa shape index (κ1) is 62.6. The number of aliphatic hydroxyl groups excluding tert-OH is 2. The molecule has 2 aliphatic heterocycles. The summed E-state index contributed by atoms with van der Waals surface area (Å²) in [5, 5.41) is 26.1. The average molecular weight is 1110 g/mol. The van der Waals surface area contributed by atoms with E-state index >= 15 is 0 Å². The van der Waals surface area contributed by atoms with E-state index in [2.05, 4.69) is 80.4 Å². The maximum absolute atomic E-state index is 12.8. The van der Waals surface area contributed by atoms with Crippen molar-refractivity contribution in [3.8, 4) is 0 Å². The van der Waals surface area contributed by atoms with E-state index in [1.807, 2.05) is 87.5 Å². The SMILES string of the molecule is C.C.CCSC(N)=NC(=S)Nc1ccc(N2CCN(CCCO)CC2)cc1.Cc1cccc(C(=O)CBr)c1.Cc1cccc(C(=O)c2sc(Nc3ccc(N4CCN(CCCO)CC4)cc3)nc2N)c1.P. The number of thiazole rings is 1. The van der Waals surface area contributed by atoms with Crippen molar-refractivity contribution in [2.75, 3.05) is 116 Å². The van der Waals surface area contributed by atoms with Gasteiger partial charge in [-0.3, -0.25) is 19.4 Å². The molecule has 0 bridgehead atoms. The van der Waals surface area contributed by atoms with Gasteiger partial charge in [0, 0.05) is 113 Å². The topological polar surface area (TPSA) is 189 Å². The van der Waals surface area contributed by atoms with Gasteiger partial charge in [-0.05, 0) is 105 Å². The van der Waals surface area contributed by atoms with Gasteiger partial charge in [-0.1, -0.05) is 108 Å². The van der Waals surface area contributed by atoms with Crippen LogP contribution in [0.1, 0.15) is 71.3 Å². The van der Waals surface area contributed by atoms with Gasteiger partial charge in [0.1, 0.15) is 10.7 Å². The number of hydrogen-bond acceptors (Lipinski definition) is 14. The number of aryl methyl sites for hydroxylation is 2. The second kappa shape index (κ2) is 33.3. The Morgan fingerprint density at radius 1 is 0.775 bits per heavy atom. The molecule has 7 rings (SSSR count). The number of carbonyl (C=O) groups is 2. The van der Waals surface area contributed by atoms with Crippen molar-refractivity contribution in [2.24, 2.45) is 10.7 Å². The molecule has 0 aliphatic carbocycles. The van der Waals surface area contributed by atoms with Gasteiger partial charge in [0.15, 0.2) is 21.2 Å². The van der Waals surface area contributed by atoms with Crippen molar-refractivity contribution in [2.45, 2.75) is 48.5 Å². The molecular formula is C52H76BrN10O4PS3. The normalized spacial score (nSPS) is 13.7. The van der Waals surface area contributed by atoms with Crippen LogP contribution in [0.3, 0.4) is 0 Å². The quantitative estimate of drug-likeness (QED) is 0.0137. The van der Waals surface area contributed by atoms with Crippen LogP contribution in [0.2, 0.25) is 0 Å². The molecule has 0 saturated carbocycles. The Morgan fingerprint density at radius 2 is 1.25 bits per heavy atom. The van der Waals surface area contributed by atoms with Crippen LogP contribution < -0.4 is 31.9 Å². The Bertz CT molecular complexity index is 2400. The first-order valence-corrected chi connectivity index (χ1v) is 26.2. The summed E-state index contributed by atoms with van der Waals surface area (Å²) in [5.74, 6) is 1.15. The highest BCUT2D eigenvalue weighted by Gasteiger charge is 2.20. The molecule has 5 aromatic rings. The van der Waals surface area contributed by atoms with Gasteiger partial charge in [0.2, 0.25) is 5.78 Å². The van der Waals surface area contributed by atoms with Crippen molar-refractivity contribution in [1.29, 1.82) is 0 Å². The number of aromatic nitrogens is 1. The van der Waals surface area contributed by atoms with Crippen LogP contribution in [0.4, 0.5) is 33.7 Å². The van der Waals surface area contributed by atoms with Crippen LogP contribution in [0.25, 0.3) is 0 Å². The number of ketones is 2. The van der Waals surface area contributed by atoms with E-state index in [9.17, 15) is 9.59 Å². The summed E-state index contributed by atoms with van der Waals surface area (Å²) in [6, 6.07) is 31.5. The van der Waals surface area contributed by atoms with E-state index in [0.717, 1.165) is 112 Å². The van der Waals surface area contributed by atoms with Crippen LogP contribution in [-0.2, 0) is 0 Å². The Kier molecular flexibility index (Phi) is 29.4. The lowest BCUT2D eigenvalue weighted by molar-refractivity contribution is 0.102. The minimum absolute atomic E-state index is 0. The first-order chi connectivity index (χ1) is 32.9. The van der Waals surface area contributed by atoms with Crippen LogP contribution in [-0.4, -0.2) is 137 Å². The molecule has 2 fully saturated rings. The number of amidine groups is 1. The highest BCUT2D eigenvalue weighted by atomic mass is 79.9. The van der Waals surface area contributed by atoms with Gasteiger partial charge in [0.05, 0.1) is 5.33 Å². The number of halogens is 1. The third-order valence-electron chi connectivity index (χ3n) is 11.1. The third kappa shape index (κ3) is 20.9. The van der Waals surface area contributed by atoms with Crippen molar-refractivity contribution < 1.29 is 19.8 Å². The fourth-order valence-corrected chi connectivity index (χ4v) is 9.39. The van der Waals surface area contributed by atoms with Crippen LogP contribution in [0.5, 0.6) is 0 Å².